The molecule has 1 aliphatic rings. The summed E-state index contributed by atoms with van der Waals surface area (Å²) in [5.74, 6) is 0.777. The highest BCUT2D eigenvalue weighted by molar-refractivity contribution is 7.88. The van der Waals surface area contributed by atoms with E-state index in [0.717, 1.165) is 48.4 Å². The van der Waals surface area contributed by atoms with Gasteiger partial charge in [0.1, 0.15) is 5.75 Å². The van der Waals surface area contributed by atoms with Crippen LogP contribution < -0.4 is 9.46 Å². The monoisotopic (exact) mass is 417 g/mol. The molecule has 0 bridgehead atoms. The fraction of sp³-hybridized carbons (Fsp3) is 0.350. The Labute approximate surface area is 169 Å². The van der Waals surface area contributed by atoms with Crippen molar-refractivity contribution in [2.45, 2.75) is 25.4 Å². The second kappa shape index (κ2) is 8.16. The highest BCUT2D eigenvalue weighted by Gasteiger charge is 2.21. The van der Waals surface area contributed by atoms with Crippen LogP contribution in [-0.2, 0) is 16.6 Å². The maximum absolute atomic E-state index is 11.3. The van der Waals surface area contributed by atoms with E-state index in [1.807, 2.05) is 36.4 Å². The predicted molar refractivity (Wildman–Crippen MR) is 112 cm³/mol. The standard InChI is InChI=1S/C20H23N3O3S2/c1-28(24,25)22-16-10-12-23(13-11-16)14-15-6-8-17(9-7-15)26-20-21-18-4-2-3-5-19(18)27-20/h2-9,16,22H,10-14H2,1H3. The number of fused-ring (bicyclic) bond motifs is 1. The van der Waals surface area contributed by atoms with Crippen LogP contribution in [0.5, 0.6) is 10.9 Å². The Balaban J connectivity index is 1.31. The zero-order valence-corrected chi connectivity index (χ0v) is 17.3. The molecule has 3 aromatic rings. The van der Waals surface area contributed by atoms with Crippen LogP contribution in [0.3, 0.4) is 0 Å². The molecule has 1 aromatic heterocycles. The van der Waals surface area contributed by atoms with Gasteiger partial charge in [-0.25, -0.2) is 18.1 Å². The van der Waals surface area contributed by atoms with Crippen molar-refractivity contribution < 1.29 is 13.2 Å². The summed E-state index contributed by atoms with van der Waals surface area (Å²) >= 11 is 1.54. The molecule has 4 rings (SSSR count). The van der Waals surface area contributed by atoms with Crippen LogP contribution in [0.25, 0.3) is 10.2 Å². The van der Waals surface area contributed by atoms with Gasteiger partial charge in [0, 0.05) is 25.7 Å². The quantitative estimate of drug-likeness (QED) is 0.663. The van der Waals surface area contributed by atoms with Gasteiger partial charge in [0.25, 0.3) is 5.19 Å². The first-order chi connectivity index (χ1) is 13.4. The summed E-state index contributed by atoms with van der Waals surface area (Å²) in [5, 5.41) is 0.648. The lowest BCUT2D eigenvalue weighted by Gasteiger charge is -2.31. The van der Waals surface area contributed by atoms with Crippen molar-refractivity contribution in [1.82, 2.24) is 14.6 Å². The Bertz CT molecular complexity index is 1010. The summed E-state index contributed by atoms with van der Waals surface area (Å²) < 4.78 is 32.4. The lowest BCUT2D eigenvalue weighted by molar-refractivity contribution is 0.200. The fourth-order valence-corrected chi connectivity index (χ4v) is 5.10. The molecule has 1 aliphatic heterocycles. The summed E-state index contributed by atoms with van der Waals surface area (Å²) in [4.78, 5) is 6.85. The van der Waals surface area contributed by atoms with E-state index in [9.17, 15) is 8.42 Å². The van der Waals surface area contributed by atoms with E-state index in [1.165, 1.54) is 23.2 Å². The second-order valence-electron chi connectivity index (χ2n) is 7.13. The zero-order chi connectivity index (χ0) is 19.6. The van der Waals surface area contributed by atoms with E-state index in [1.54, 1.807) is 0 Å². The zero-order valence-electron chi connectivity index (χ0n) is 15.7. The topological polar surface area (TPSA) is 71.5 Å². The van der Waals surface area contributed by atoms with Crippen molar-refractivity contribution in [2.24, 2.45) is 0 Å². The molecule has 0 radical (unpaired) electrons. The number of nitrogens with zero attached hydrogens (tertiary/aromatic N) is 2. The fourth-order valence-electron chi connectivity index (χ4n) is 3.43. The number of hydrogen-bond donors (Lipinski definition) is 1. The highest BCUT2D eigenvalue weighted by Crippen LogP contribution is 2.31. The van der Waals surface area contributed by atoms with Gasteiger partial charge in [0.15, 0.2) is 0 Å². The molecule has 0 atom stereocenters. The Morgan fingerprint density at radius 3 is 2.54 bits per heavy atom. The van der Waals surface area contributed by atoms with Crippen LogP contribution in [-0.4, -0.2) is 43.7 Å². The maximum atomic E-state index is 11.3. The highest BCUT2D eigenvalue weighted by atomic mass is 32.2. The Hall–Kier alpha value is -2.00. The third-order valence-electron chi connectivity index (χ3n) is 4.78. The molecule has 148 valence electrons. The smallest absolute Gasteiger partial charge is 0.279 e. The molecule has 0 aliphatic carbocycles. The van der Waals surface area contributed by atoms with Crippen molar-refractivity contribution in [2.75, 3.05) is 19.3 Å². The van der Waals surface area contributed by atoms with Gasteiger partial charge in [-0.2, -0.15) is 0 Å². The van der Waals surface area contributed by atoms with Gasteiger partial charge in [-0.15, -0.1) is 0 Å². The summed E-state index contributed by atoms with van der Waals surface area (Å²) in [6.07, 6.45) is 2.90. The molecule has 28 heavy (non-hydrogen) atoms. The normalized spacial score (nSPS) is 16.5. The van der Waals surface area contributed by atoms with Gasteiger partial charge in [0.05, 0.1) is 16.5 Å². The Morgan fingerprint density at radius 1 is 1.14 bits per heavy atom. The first kappa shape index (κ1) is 19.3. The minimum absolute atomic E-state index is 0.0517. The summed E-state index contributed by atoms with van der Waals surface area (Å²) in [5.41, 5.74) is 2.17. The number of ether oxygens (including phenoxy) is 1. The number of thiazole rings is 1. The summed E-state index contributed by atoms with van der Waals surface area (Å²) in [6.45, 7) is 2.63. The van der Waals surface area contributed by atoms with Crippen LogP contribution in [0.1, 0.15) is 18.4 Å². The van der Waals surface area contributed by atoms with E-state index in [2.05, 4.69) is 26.7 Å². The van der Waals surface area contributed by atoms with E-state index in [0.29, 0.717) is 5.19 Å². The average Bonchev–Trinajstić information content (AvgIpc) is 3.06. The number of hydrogen-bond acceptors (Lipinski definition) is 6. The number of likely N-dealkylation sites (tertiary alicyclic amines) is 1. The van der Waals surface area contributed by atoms with Crippen molar-refractivity contribution in [1.29, 1.82) is 0 Å². The molecular formula is C20H23N3O3S2. The molecule has 1 fully saturated rings. The number of rotatable bonds is 6. The molecule has 2 aromatic carbocycles. The predicted octanol–water partition coefficient (Wildman–Crippen LogP) is 3.60. The lowest BCUT2D eigenvalue weighted by atomic mass is 10.1. The van der Waals surface area contributed by atoms with Crippen LogP contribution in [0.15, 0.2) is 48.5 Å². The van der Waals surface area contributed by atoms with Gasteiger partial charge in [0.2, 0.25) is 10.0 Å². The Morgan fingerprint density at radius 2 is 1.86 bits per heavy atom. The largest absolute Gasteiger partial charge is 0.431 e. The van der Waals surface area contributed by atoms with Gasteiger partial charge in [-0.1, -0.05) is 35.6 Å². The number of para-hydroxylation sites is 1. The van der Waals surface area contributed by atoms with Gasteiger partial charge in [-0.05, 0) is 42.7 Å². The maximum Gasteiger partial charge on any atom is 0.279 e. The van der Waals surface area contributed by atoms with E-state index >= 15 is 0 Å². The molecule has 0 spiro atoms. The van der Waals surface area contributed by atoms with Crippen molar-refractivity contribution in [3.8, 4) is 10.9 Å². The van der Waals surface area contributed by atoms with E-state index in [-0.39, 0.29) is 6.04 Å². The van der Waals surface area contributed by atoms with Gasteiger partial charge < -0.3 is 4.74 Å². The van der Waals surface area contributed by atoms with E-state index < -0.39 is 10.0 Å². The summed E-state index contributed by atoms with van der Waals surface area (Å²) in [6, 6.07) is 16.1. The second-order valence-corrected chi connectivity index (χ2v) is 9.91. The van der Waals surface area contributed by atoms with Crippen LogP contribution >= 0.6 is 11.3 Å². The molecule has 2 heterocycles. The number of piperidine rings is 1. The minimum Gasteiger partial charge on any atom is -0.431 e. The summed E-state index contributed by atoms with van der Waals surface area (Å²) in [7, 11) is -3.13. The number of nitrogens with one attached hydrogen (secondary N) is 1. The minimum atomic E-state index is -3.13. The van der Waals surface area contributed by atoms with Crippen molar-refractivity contribution >= 4 is 31.6 Å². The molecule has 0 amide bonds. The first-order valence-corrected chi connectivity index (χ1v) is 12.0. The molecule has 1 N–H and O–H groups in total. The first-order valence-electron chi connectivity index (χ1n) is 9.27. The Kier molecular flexibility index (Phi) is 5.63. The molecule has 8 heteroatoms. The average molecular weight is 418 g/mol. The van der Waals surface area contributed by atoms with Gasteiger partial charge >= 0.3 is 0 Å². The number of sulfonamides is 1. The molecule has 0 saturated carbocycles. The lowest BCUT2D eigenvalue weighted by Crippen LogP contribution is -2.43. The SMILES string of the molecule is CS(=O)(=O)NC1CCN(Cc2ccc(Oc3nc4ccccc4s3)cc2)CC1. The number of aromatic nitrogens is 1. The molecule has 0 unspecified atom stereocenters. The number of benzene rings is 2. The molecule has 1 saturated heterocycles. The van der Waals surface area contributed by atoms with Crippen molar-refractivity contribution in [3.63, 3.8) is 0 Å². The third-order valence-corrected chi connectivity index (χ3v) is 6.45. The van der Waals surface area contributed by atoms with Crippen LogP contribution in [0, 0.1) is 0 Å². The van der Waals surface area contributed by atoms with Gasteiger partial charge in [-0.3, -0.25) is 4.90 Å². The van der Waals surface area contributed by atoms with E-state index in [4.69, 9.17) is 4.74 Å². The molecule has 6 nitrogen and oxygen atoms in total. The molecular weight excluding hydrogens is 394 g/mol. The van der Waals surface area contributed by atoms with Crippen molar-refractivity contribution in [3.05, 3.63) is 54.1 Å². The van der Waals surface area contributed by atoms with Crippen LogP contribution in [0.2, 0.25) is 0 Å². The third kappa shape index (κ3) is 5.08. The van der Waals surface area contributed by atoms with Crippen LogP contribution in [0.4, 0.5) is 0 Å².